The van der Waals surface area contributed by atoms with Gasteiger partial charge in [0.1, 0.15) is 0 Å². The van der Waals surface area contributed by atoms with Crippen molar-refractivity contribution in [1.29, 1.82) is 0 Å². The molecule has 8 heavy (non-hydrogen) atoms. The van der Waals surface area contributed by atoms with Gasteiger partial charge in [-0.3, -0.25) is 0 Å². The van der Waals surface area contributed by atoms with Crippen molar-refractivity contribution in [1.82, 2.24) is 5.48 Å². The van der Waals surface area contributed by atoms with Gasteiger partial charge in [0, 0.05) is 0 Å². The van der Waals surface area contributed by atoms with Crippen LogP contribution >= 0.6 is 0 Å². The summed E-state index contributed by atoms with van der Waals surface area (Å²) in [7, 11) is 0. The van der Waals surface area contributed by atoms with E-state index in [1.54, 1.807) is 0 Å². The zero-order chi connectivity index (χ0) is 6.41. The number of hydrogen-bond donors (Lipinski definition) is 1. The predicted octanol–water partition coefficient (Wildman–Crippen LogP) is 1.51. The monoisotopic (exact) mass is 116 g/mol. The number of hydrogen-bond acceptors (Lipinski definition) is 2. The second-order valence-electron chi connectivity index (χ2n) is 2.43. The Morgan fingerprint density at radius 3 is 2.50 bits per heavy atom. The van der Waals surface area contributed by atoms with Crippen LogP contribution < -0.4 is 5.48 Å². The summed E-state index contributed by atoms with van der Waals surface area (Å²) in [4.78, 5) is 0. The van der Waals surface area contributed by atoms with E-state index < -0.39 is 0 Å². The molecule has 0 fully saturated rings. The van der Waals surface area contributed by atoms with Gasteiger partial charge in [-0.25, -0.2) is 0 Å². The summed E-state index contributed by atoms with van der Waals surface area (Å²) in [6.45, 7) is 4.92. The Kier molecular flexibility index (Phi) is 5.01. The first-order valence-electron chi connectivity index (χ1n) is 3.12. The number of nitrogens with one attached hydrogen (secondary N) is 1. The molecule has 0 aromatic rings. The molecule has 0 atom stereocenters. The molecule has 0 amide bonds. The molecule has 0 heterocycles. The Bertz CT molecular complexity index is 45.8. The number of hydroxylamine groups is 1. The van der Waals surface area contributed by atoms with E-state index in [-0.39, 0.29) is 0 Å². The van der Waals surface area contributed by atoms with Crippen LogP contribution in [0, 0.1) is 11.1 Å². The summed E-state index contributed by atoms with van der Waals surface area (Å²) < 4.78 is 0. The average molecular weight is 116 g/mol. The molecule has 0 bridgehead atoms. The third-order valence-corrected chi connectivity index (χ3v) is 1.06. The van der Waals surface area contributed by atoms with Crippen molar-refractivity contribution in [2.24, 2.45) is 5.92 Å². The lowest BCUT2D eigenvalue weighted by Crippen LogP contribution is -2.05. The molecule has 50 valence electrons. The standard InChI is InChI=1S/C6H14NO/c1-6(2)4-3-5-7-8/h6-7H,3-5H2,1-2H3/q-1. The topological polar surface area (TPSA) is 35.1 Å². The molecule has 2 nitrogen and oxygen atoms in total. The highest BCUT2D eigenvalue weighted by atomic mass is 16.5. The van der Waals surface area contributed by atoms with Crippen molar-refractivity contribution in [3.8, 4) is 0 Å². The van der Waals surface area contributed by atoms with Crippen LogP contribution in [0.3, 0.4) is 0 Å². The Balaban J connectivity index is 2.72. The molecule has 0 aliphatic rings. The molecule has 0 spiro atoms. The molecule has 0 radical (unpaired) electrons. The Morgan fingerprint density at radius 2 is 2.12 bits per heavy atom. The first-order valence-corrected chi connectivity index (χ1v) is 3.12. The number of rotatable bonds is 4. The van der Waals surface area contributed by atoms with E-state index in [4.69, 9.17) is 0 Å². The maximum absolute atomic E-state index is 9.66. The Morgan fingerprint density at radius 1 is 1.50 bits per heavy atom. The molecule has 0 aromatic carbocycles. The van der Waals surface area contributed by atoms with E-state index in [1.807, 2.05) is 5.48 Å². The summed E-state index contributed by atoms with van der Waals surface area (Å²) in [6.07, 6.45) is 2.15. The Hall–Kier alpha value is -0.0800. The highest BCUT2D eigenvalue weighted by molar-refractivity contribution is 4.48. The summed E-state index contributed by atoms with van der Waals surface area (Å²) in [6, 6.07) is 0. The van der Waals surface area contributed by atoms with E-state index in [9.17, 15) is 5.21 Å². The minimum absolute atomic E-state index is 0.609. The maximum atomic E-state index is 9.66. The van der Waals surface area contributed by atoms with Crippen LogP contribution in [0.4, 0.5) is 0 Å². The highest BCUT2D eigenvalue weighted by Gasteiger charge is 1.89. The fourth-order valence-corrected chi connectivity index (χ4v) is 0.582. The lowest BCUT2D eigenvalue weighted by molar-refractivity contribution is 0.548. The average Bonchev–Trinajstić information content (AvgIpc) is 1.66. The minimum atomic E-state index is 0.609. The molecule has 0 unspecified atom stereocenters. The molecule has 0 saturated heterocycles. The van der Waals surface area contributed by atoms with E-state index in [0.29, 0.717) is 6.54 Å². The SMILES string of the molecule is CC(C)CCCN[O-]. The van der Waals surface area contributed by atoms with Crippen LogP contribution in [0.5, 0.6) is 0 Å². The molecule has 2 heteroatoms. The van der Waals surface area contributed by atoms with Crippen LogP contribution in [-0.2, 0) is 0 Å². The highest BCUT2D eigenvalue weighted by Crippen LogP contribution is 2.01. The third kappa shape index (κ3) is 5.92. The molecule has 1 N–H and O–H groups in total. The van der Waals surface area contributed by atoms with Crippen molar-refractivity contribution in [2.75, 3.05) is 6.54 Å². The summed E-state index contributed by atoms with van der Waals surface area (Å²) in [5, 5.41) is 9.66. The first kappa shape index (κ1) is 7.92. The van der Waals surface area contributed by atoms with Gasteiger partial charge in [0.25, 0.3) is 0 Å². The van der Waals surface area contributed by atoms with Gasteiger partial charge in [0.15, 0.2) is 0 Å². The van der Waals surface area contributed by atoms with Crippen LogP contribution in [0.2, 0.25) is 0 Å². The lowest BCUT2D eigenvalue weighted by Gasteiger charge is -2.07. The molecular weight excluding hydrogens is 102 g/mol. The van der Waals surface area contributed by atoms with Gasteiger partial charge in [0.2, 0.25) is 0 Å². The normalized spacial score (nSPS) is 10.5. The minimum Gasteiger partial charge on any atom is -0.788 e. The fraction of sp³-hybridized carbons (Fsp3) is 1.00. The van der Waals surface area contributed by atoms with Gasteiger partial charge in [-0.1, -0.05) is 13.8 Å². The first-order chi connectivity index (χ1) is 3.77. The van der Waals surface area contributed by atoms with Crippen molar-refractivity contribution in [2.45, 2.75) is 26.7 Å². The molecular formula is C6H14NO-. The second kappa shape index (κ2) is 5.06. The van der Waals surface area contributed by atoms with Gasteiger partial charge in [0.05, 0.1) is 0 Å². The van der Waals surface area contributed by atoms with Crippen LogP contribution in [0.1, 0.15) is 26.7 Å². The van der Waals surface area contributed by atoms with E-state index in [2.05, 4.69) is 13.8 Å². The van der Waals surface area contributed by atoms with E-state index in [0.717, 1.165) is 18.8 Å². The van der Waals surface area contributed by atoms with E-state index in [1.165, 1.54) is 0 Å². The van der Waals surface area contributed by atoms with Crippen LogP contribution in [0.25, 0.3) is 0 Å². The maximum Gasteiger partial charge on any atom is -0.0169 e. The summed E-state index contributed by atoms with van der Waals surface area (Å²) in [5.41, 5.74) is 1.87. The van der Waals surface area contributed by atoms with Crippen LogP contribution in [-0.4, -0.2) is 6.54 Å². The van der Waals surface area contributed by atoms with Gasteiger partial charge in [-0.05, 0) is 25.3 Å². The van der Waals surface area contributed by atoms with Gasteiger partial charge >= 0.3 is 0 Å². The molecule has 0 aliphatic carbocycles. The lowest BCUT2D eigenvalue weighted by atomic mass is 10.1. The van der Waals surface area contributed by atoms with Gasteiger partial charge in [-0.2, -0.15) is 0 Å². The van der Waals surface area contributed by atoms with Gasteiger partial charge < -0.3 is 10.7 Å². The predicted molar refractivity (Wildman–Crippen MR) is 35.4 cm³/mol. The molecule has 0 aromatic heterocycles. The van der Waals surface area contributed by atoms with Crippen LogP contribution in [0.15, 0.2) is 0 Å². The molecule has 0 aliphatic heterocycles. The fourth-order valence-electron chi connectivity index (χ4n) is 0.582. The summed E-state index contributed by atoms with van der Waals surface area (Å²) >= 11 is 0. The summed E-state index contributed by atoms with van der Waals surface area (Å²) in [5.74, 6) is 0.725. The Labute approximate surface area is 50.9 Å². The van der Waals surface area contributed by atoms with Crippen molar-refractivity contribution in [3.05, 3.63) is 5.21 Å². The second-order valence-corrected chi connectivity index (χ2v) is 2.43. The van der Waals surface area contributed by atoms with Crippen molar-refractivity contribution in [3.63, 3.8) is 0 Å². The largest absolute Gasteiger partial charge is 0.788 e. The van der Waals surface area contributed by atoms with E-state index >= 15 is 0 Å². The smallest absolute Gasteiger partial charge is 0.0169 e. The van der Waals surface area contributed by atoms with Gasteiger partial charge in [-0.15, -0.1) is 0 Å². The molecule has 0 saturated carbocycles. The zero-order valence-electron chi connectivity index (χ0n) is 5.61. The van der Waals surface area contributed by atoms with Crippen molar-refractivity contribution >= 4 is 0 Å². The third-order valence-electron chi connectivity index (χ3n) is 1.06. The molecule has 0 rings (SSSR count). The quantitative estimate of drug-likeness (QED) is 0.446. The van der Waals surface area contributed by atoms with Crippen molar-refractivity contribution < 1.29 is 0 Å². The zero-order valence-corrected chi connectivity index (χ0v) is 5.61.